The molecule has 1 saturated carbocycles. The molecule has 1 unspecified atom stereocenters. The van der Waals surface area contributed by atoms with Gasteiger partial charge in [-0.2, -0.15) is 0 Å². The lowest BCUT2D eigenvalue weighted by atomic mass is 9.77. The molecule has 84 valence electrons. The normalized spacial score (nSPS) is 21.8. The highest BCUT2D eigenvalue weighted by Gasteiger charge is 2.41. The molecular weight excluding hydrogens is 188 g/mol. The van der Waals surface area contributed by atoms with Gasteiger partial charge in [-0.25, -0.2) is 4.98 Å². The SMILES string of the molecule is CCC1(C(O)c2nccn2C)CCCC1. The summed E-state index contributed by atoms with van der Waals surface area (Å²) in [5, 5.41) is 10.5. The fraction of sp³-hybridized carbons (Fsp3) is 0.750. The summed E-state index contributed by atoms with van der Waals surface area (Å²) >= 11 is 0. The predicted molar refractivity (Wildman–Crippen MR) is 59.4 cm³/mol. The molecule has 3 heteroatoms. The third-order valence-corrected chi connectivity index (χ3v) is 3.99. The van der Waals surface area contributed by atoms with E-state index in [2.05, 4.69) is 11.9 Å². The Balaban J connectivity index is 2.26. The Hall–Kier alpha value is -0.830. The molecule has 0 bridgehead atoms. The van der Waals surface area contributed by atoms with Crippen LogP contribution in [0.25, 0.3) is 0 Å². The molecule has 1 fully saturated rings. The lowest BCUT2D eigenvalue weighted by Gasteiger charge is -2.32. The summed E-state index contributed by atoms with van der Waals surface area (Å²) in [5.74, 6) is 0.818. The number of aliphatic hydroxyl groups is 1. The van der Waals surface area contributed by atoms with Crippen LogP contribution in [0.5, 0.6) is 0 Å². The molecule has 0 spiro atoms. The smallest absolute Gasteiger partial charge is 0.137 e. The second-order valence-electron chi connectivity index (χ2n) is 4.72. The van der Waals surface area contributed by atoms with Crippen LogP contribution in [0.4, 0.5) is 0 Å². The molecule has 1 heterocycles. The second kappa shape index (κ2) is 3.97. The molecule has 0 aliphatic heterocycles. The monoisotopic (exact) mass is 208 g/mol. The average Bonchev–Trinajstić information content (AvgIpc) is 2.86. The minimum Gasteiger partial charge on any atom is -0.385 e. The van der Waals surface area contributed by atoms with Crippen molar-refractivity contribution in [1.82, 2.24) is 9.55 Å². The van der Waals surface area contributed by atoms with Crippen molar-refractivity contribution in [3.8, 4) is 0 Å². The van der Waals surface area contributed by atoms with E-state index in [4.69, 9.17) is 0 Å². The first-order valence-electron chi connectivity index (χ1n) is 5.85. The molecular formula is C12H20N2O. The third kappa shape index (κ3) is 1.69. The Labute approximate surface area is 91.1 Å². The number of hydrogen-bond donors (Lipinski definition) is 1. The van der Waals surface area contributed by atoms with Crippen molar-refractivity contribution in [3.63, 3.8) is 0 Å². The molecule has 1 aromatic heterocycles. The van der Waals surface area contributed by atoms with E-state index in [0.29, 0.717) is 0 Å². The van der Waals surface area contributed by atoms with Crippen molar-refractivity contribution in [1.29, 1.82) is 0 Å². The highest BCUT2D eigenvalue weighted by atomic mass is 16.3. The first-order valence-corrected chi connectivity index (χ1v) is 5.85. The molecule has 0 radical (unpaired) electrons. The van der Waals surface area contributed by atoms with Gasteiger partial charge >= 0.3 is 0 Å². The van der Waals surface area contributed by atoms with E-state index in [9.17, 15) is 5.11 Å². The van der Waals surface area contributed by atoms with E-state index in [1.165, 1.54) is 12.8 Å². The number of imidazole rings is 1. The van der Waals surface area contributed by atoms with Crippen LogP contribution in [-0.4, -0.2) is 14.7 Å². The van der Waals surface area contributed by atoms with E-state index in [1.807, 2.05) is 17.8 Å². The maximum absolute atomic E-state index is 10.5. The maximum Gasteiger partial charge on any atom is 0.137 e. The maximum atomic E-state index is 10.5. The van der Waals surface area contributed by atoms with E-state index in [0.717, 1.165) is 25.1 Å². The summed E-state index contributed by atoms with van der Waals surface area (Å²) in [5.41, 5.74) is 0.0825. The van der Waals surface area contributed by atoms with Gasteiger partial charge in [0.15, 0.2) is 0 Å². The van der Waals surface area contributed by atoms with Crippen LogP contribution in [-0.2, 0) is 7.05 Å². The van der Waals surface area contributed by atoms with Crippen LogP contribution in [0.1, 0.15) is 51.0 Å². The zero-order valence-corrected chi connectivity index (χ0v) is 9.61. The minimum absolute atomic E-state index is 0.0825. The van der Waals surface area contributed by atoms with E-state index < -0.39 is 6.10 Å². The van der Waals surface area contributed by atoms with Gasteiger partial charge in [0.05, 0.1) is 0 Å². The number of hydrogen-bond acceptors (Lipinski definition) is 2. The number of aromatic nitrogens is 2. The fourth-order valence-corrected chi connectivity index (χ4v) is 2.81. The van der Waals surface area contributed by atoms with E-state index >= 15 is 0 Å². The highest BCUT2D eigenvalue weighted by molar-refractivity contribution is 5.04. The summed E-state index contributed by atoms with van der Waals surface area (Å²) in [6.07, 6.45) is 9.07. The Bertz CT molecular complexity index is 326. The summed E-state index contributed by atoms with van der Waals surface area (Å²) in [7, 11) is 1.95. The molecule has 1 aliphatic rings. The number of nitrogens with zero attached hydrogens (tertiary/aromatic N) is 2. The van der Waals surface area contributed by atoms with Gasteiger partial charge < -0.3 is 9.67 Å². The average molecular weight is 208 g/mol. The summed E-state index contributed by atoms with van der Waals surface area (Å²) in [6, 6.07) is 0. The quantitative estimate of drug-likeness (QED) is 0.828. The van der Waals surface area contributed by atoms with E-state index in [-0.39, 0.29) is 5.41 Å². The van der Waals surface area contributed by atoms with Gasteiger partial charge in [-0.15, -0.1) is 0 Å². The Morgan fingerprint density at radius 3 is 2.67 bits per heavy atom. The van der Waals surface area contributed by atoms with Crippen molar-refractivity contribution in [2.75, 3.05) is 0 Å². The van der Waals surface area contributed by atoms with Gasteiger partial charge in [0.1, 0.15) is 11.9 Å². The first-order chi connectivity index (χ1) is 7.19. The largest absolute Gasteiger partial charge is 0.385 e. The van der Waals surface area contributed by atoms with Crippen molar-refractivity contribution >= 4 is 0 Å². The second-order valence-corrected chi connectivity index (χ2v) is 4.72. The Morgan fingerprint density at radius 1 is 1.53 bits per heavy atom. The Morgan fingerprint density at radius 2 is 2.20 bits per heavy atom. The summed E-state index contributed by atoms with van der Waals surface area (Å²) in [4.78, 5) is 4.27. The molecule has 3 nitrogen and oxygen atoms in total. The summed E-state index contributed by atoms with van der Waals surface area (Å²) in [6.45, 7) is 2.18. The lowest BCUT2D eigenvalue weighted by molar-refractivity contribution is 0.0151. The van der Waals surface area contributed by atoms with Gasteiger partial charge in [0, 0.05) is 24.9 Å². The van der Waals surface area contributed by atoms with Crippen LogP contribution >= 0.6 is 0 Å². The zero-order valence-electron chi connectivity index (χ0n) is 9.61. The van der Waals surface area contributed by atoms with Crippen molar-refractivity contribution in [2.24, 2.45) is 12.5 Å². The van der Waals surface area contributed by atoms with Crippen LogP contribution in [0.3, 0.4) is 0 Å². The molecule has 2 rings (SSSR count). The first kappa shape index (κ1) is 10.7. The molecule has 0 amide bonds. The van der Waals surface area contributed by atoms with Crippen molar-refractivity contribution < 1.29 is 5.11 Å². The number of aryl methyl sites for hydroxylation is 1. The van der Waals surface area contributed by atoms with Crippen molar-refractivity contribution in [3.05, 3.63) is 18.2 Å². The number of aliphatic hydroxyl groups excluding tert-OH is 1. The molecule has 1 aromatic rings. The summed E-state index contributed by atoms with van der Waals surface area (Å²) < 4.78 is 1.93. The molecule has 1 N–H and O–H groups in total. The van der Waals surface area contributed by atoms with Gasteiger partial charge in [-0.05, 0) is 19.3 Å². The van der Waals surface area contributed by atoms with Gasteiger partial charge in [0.25, 0.3) is 0 Å². The lowest BCUT2D eigenvalue weighted by Crippen LogP contribution is -2.27. The molecule has 15 heavy (non-hydrogen) atoms. The molecule has 0 aromatic carbocycles. The standard InChI is InChI=1S/C12H20N2O/c1-3-12(6-4-5-7-12)10(15)11-13-8-9-14(11)2/h8-10,15H,3-7H2,1-2H3. The van der Waals surface area contributed by atoms with Gasteiger partial charge in [-0.1, -0.05) is 19.8 Å². The van der Waals surface area contributed by atoms with Gasteiger partial charge in [-0.3, -0.25) is 0 Å². The van der Waals surface area contributed by atoms with Gasteiger partial charge in [0.2, 0.25) is 0 Å². The van der Waals surface area contributed by atoms with Crippen LogP contribution in [0, 0.1) is 5.41 Å². The highest BCUT2D eigenvalue weighted by Crippen LogP contribution is 2.49. The van der Waals surface area contributed by atoms with Crippen LogP contribution in [0.2, 0.25) is 0 Å². The fourth-order valence-electron chi connectivity index (χ4n) is 2.81. The van der Waals surface area contributed by atoms with Crippen LogP contribution < -0.4 is 0 Å². The minimum atomic E-state index is -0.398. The van der Waals surface area contributed by atoms with Crippen molar-refractivity contribution in [2.45, 2.75) is 45.1 Å². The Kier molecular flexibility index (Phi) is 2.83. The predicted octanol–water partition coefficient (Wildman–Crippen LogP) is 2.42. The molecule has 1 aliphatic carbocycles. The molecule has 1 atom stereocenters. The molecule has 0 saturated heterocycles. The topological polar surface area (TPSA) is 38.1 Å². The third-order valence-electron chi connectivity index (χ3n) is 3.99. The zero-order chi connectivity index (χ0) is 10.9. The van der Waals surface area contributed by atoms with Crippen LogP contribution in [0.15, 0.2) is 12.4 Å². The van der Waals surface area contributed by atoms with E-state index in [1.54, 1.807) is 6.20 Å². The number of rotatable bonds is 3.